The Morgan fingerprint density at radius 1 is 0.667 bits per heavy atom. The molecule has 0 heterocycles. The Hall–Kier alpha value is -0.592. The predicted octanol–water partition coefficient (Wildman–Crippen LogP) is 8.88. The molecule has 2 rings (SSSR count). The third-order valence-electron chi connectivity index (χ3n) is 11.1. The molecular formula is C37H79N3O7Si4. The molecular weight excluding hydrogens is 711 g/mol. The van der Waals surface area contributed by atoms with Crippen LogP contribution in [0.2, 0.25) is 57.4 Å². The molecule has 0 unspecified atom stereocenters. The summed E-state index contributed by atoms with van der Waals surface area (Å²) in [6, 6.07) is 3.22. The Labute approximate surface area is 317 Å². The quantitative estimate of drug-likeness (QED) is 0.0744. The van der Waals surface area contributed by atoms with E-state index in [1.54, 1.807) is 21.3 Å². The van der Waals surface area contributed by atoms with E-state index in [-0.39, 0.29) is 23.9 Å². The first-order chi connectivity index (χ1) is 24.0. The minimum absolute atomic E-state index is 0.0608. The zero-order valence-electron chi connectivity index (χ0n) is 34.8. The molecule has 10 nitrogen and oxygen atoms in total. The van der Waals surface area contributed by atoms with Crippen molar-refractivity contribution in [3.63, 3.8) is 0 Å². The van der Waals surface area contributed by atoms with Crippen molar-refractivity contribution in [3.05, 3.63) is 0 Å². The number of carbonyl (C=O) groups is 2. The van der Waals surface area contributed by atoms with Crippen molar-refractivity contribution in [1.82, 2.24) is 15.5 Å². The molecule has 0 aromatic carbocycles. The van der Waals surface area contributed by atoms with E-state index in [1.165, 1.54) is 31.7 Å². The summed E-state index contributed by atoms with van der Waals surface area (Å²) >= 11 is 0. The van der Waals surface area contributed by atoms with Crippen LogP contribution in [0.25, 0.3) is 0 Å². The molecule has 2 saturated carbocycles. The zero-order valence-corrected chi connectivity index (χ0v) is 38.8. The van der Waals surface area contributed by atoms with Crippen molar-refractivity contribution in [2.75, 3.05) is 41.0 Å². The first-order valence-electron chi connectivity index (χ1n) is 20.4. The van der Waals surface area contributed by atoms with Crippen LogP contribution in [0.5, 0.6) is 0 Å². The zero-order chi connectivity index (χ0) is 38.1. The van der Waals surface area contributed by atoms with Gasteiger partial charge in [-0.1, -0.05) is 26.7 Å². The number of unbranched alkanes of at least 4 members (excludes halogenated alkanes) is 1. The van der Waals surface area contributed by atoms with E-state index in [9.17, 15) is 9.59 Å². The summed E-state index contributed by atoms with van der Waals surface area (Å²) in [7, 11) is -3.43. The number of hydrogen-bond acceptors (Lipinski definition) is 7. The van der Waals surface area contributed by atoms with Crippen molar-refractivity contribution in [3.8, 4) is 0 Å². The van der Waals surface area contributed by atoms with Gasteiger partial charge in [-0.25, -0.2) is 4.79 Å². The van der Waals surface area contributed by atoms with Gasteiger partial charge in [-0.05, 0) is 140 Å². The highest BCUT2D eigenvalue weighted by Gasteiger charge is 2.40. The molecule has 51 heavy (non-hydrogen) atoms. The van der Waals surface area contributed by atoms with Gasteiger partial charge in [0, 0.05) is 59.0 Å². The first kappa shape index (κ1) is 46.6. The Bertz CT molecular complexity index is 994. The van der Waals surface area contributed by atoms with Gasteiger partial charge in [0.15, 0.2) is 16.6 Å². The summed E-state index contributed by atoms with van der Waals surface area (Å²) in [5, 5.41) is 6.63. The normalized spacial score (nSPS) is 22.1. The lowest BCUT2D eigenvalue weighted by Gasteiger charge is -2.38. The Balaban J connectivity index is 1.67. The van der Waals surface area contributed by atoms with Gasteiger partial charge in [0.25, 0.3) is 0 Å². The number of nitrogens with zero attached hydrogens (tertiary/aromatic N) is 1. The molecule has 2 aliphatic rings. The lowest BCUT2D eigenvalue weighted by Crippen LogP contribution is -2.52. The van der Waals surface area contributed by atoms with Crippen molar-refractivity contribution in [1.29, 1.82) is 0 Å². The number of amides is 3. The summed E-state index contributed by atoms with van der Waals surface area (Å²) < 4.78 is 30.1. The predicted molar refractivity (Wildman–Crippen MR) is 219 cm³/mol. The SMILES string of the molecule is CCCCN(CCC[Si](OC)(OC)OC)C(=O)NC1CCC(CC2CCC(C(=O)NCCC[Si](C)(C)O[Si](C)(C)O[Si](C)(C)CCC)CC2)CC1. The summed E-state index contributed by atoms with van der Waals surface area (Å²) in [6.45, 7) is 20.2. The molecule has 2 N–H and O–H groups in total. The number of carbonyl (C=O) groups excluding carboxylic acids is 2. The fourth-order valence-corrected chi connectivity index (χ4v) is 24.5. The first-order valence-corrected chi connectivity index (χ1v) is 31.4. The second-order valence-electron chi connectivity index (χ2n) is 17.1. The molecule has 0 bridgehead atoms. The molecule has 2 fully saturated rings. The highest BCUT2D eigenvalue weighted by Crippen LogP contribution is 2.37. The van der Waals surface area contributed by atoms with E-state index in [0.717, 1.165) is 95.2 Å². The average Bonchev–Trinajstić information content (AvgIpc) is 3.06. The fourth-order valence-electron chi connectivity index (χ4n) is 8.57. The molecule has 0 aliphatic heterocycles. The Kier molecular flexibility index (Phi) is 20.7. The molecule has 0 aromatic rings. The average molecular weight is 790 g/mol. The maximum Gasteiger partial charge on any atom is 0.500 e. The molecule has 300 valence electrons. The van der Waals surface area contributed by atoms with Crippen LogP contribution in [-0.2, 0) is 26.3 Å². The molecule has 0 spiro atoms. The number of rotatable bonds is 24. The van der Waals surface area contributed by atoms with Crippen LogP contribution >= 0.6 is 0 Å². The van der Waals surface area contributed by atoms with Gasteiger partial charge in [-0.15, -0.1) is 0 Å². The molecule has 0 radical (unpaired) electrons. The largest absolute Gasteiger partial charge is 0.500 e. The summed E-state index contributed by atoms with van der Waals surface area (Å²) in [6.07, 6.45) is 15.0. The Morgan fingerprint density at radius 3 is 1.73 bits per heavy atom. The smallest absolute Gasteiger partial charge is 0.437 e. The van der Waals surface area contributed by atoms with Crippen LogP contribution in [0.4, 0.5) is 4.79 Å². The fraction of sp³-hybridized carbons (Fsp3) is 0.946. The van der Waals surface area contributed by atoms with Crippen LogP contribution in [0.3, 0.4) is 0 Å². The van der Waals surface area contributed by atoms with E-state index >= 15 is 0 Å². The van der Waals surface area contributed by atoms with Gasteiger partial charge in [0.05, 0.1) is 0 Å². The third kappa shape index (κ3) is 17.6. The maximum absolute atomic E-state index is 13.3. The third-order valence-corrected chi connectivity index (χ3v) is 25.6. The summed E-state index contributed by atoms with van der Waals surface area (Å²) in [4.78, 5) is 28.3. The number of hydrogen-bond donors (Lipinski definition) is 2. The minimum atomic E-state index is -2.64. The lowest BCUT2D eigenvalue weighted by atomic mass is 9.74. The lowest BCUT2D eigenvalue weighted by molar-refractivity contribution is -0.126. The van der Waals surface area contributed by atoms with Crippen LogP contribution in [0, 0.1) is 17.8 Å². The van der Waals surface area contributed by atoms with Crippen LogP contribution < -0.4 is 10.6 Å². The van der Waals surface area contributed by atoms with E-state index in [4.69, 9.17) is 21.5 Å². The van der Waals surface area contributed by atoms with Crippen molar-refractivity contribution < 1.29 is 31.1 Å². The van der Waals surface area contributed by atoms with Crippen molar-refractivity contribution in [2.45, 2.75) is 167 Å². The molecule has 0 atom stereocenters. The van der Waals surface area contributed by atoms with E-state index in [0.29, 0.717) is 12.6 Å². The van der Waals surface area contributed by atoms with Gasteiger partial charge in [0.2, 0.25) is 5.91 Å². The van der Waals surface area contributed by atoms with Crippen LogP contribution in [-0.4, -0.2) is 97.8 Å². The second-order valence-corrected chi connectivity index (χ2v) is 32.7. The van der Waals surface area contributed by atoms with Gasteiger partial charge in [0.1, 0.15) is 0 Å². The number of nitrogens with one attached hydrogen (secondary N) is 2. The maximum atomic E-state index is 13.3. The van der Waals surface area contributed by atoms with Gasteiger partial charge in [-0.3, -0.25) is 4.79 Å². The highest BCUT2D eigenvalue weighted by molar-refractivity contribution is 6.87. The van der Waals surface area contributed by atoms with E-state index in [2.05, 4.69) is 63.8 Å². The standard InChI is InChI=1S/C37H79N3O7Si4/c1-12-14-26-40(27-16-30-51(43-3,44-4)45-5)37(42)39-35-23-19-33(20-24-35)31-32-17-21-34(22-18-32)36(41)38-25-15-29-49(8,9)47-50(10,11)46-48(6,7)28-13-2/h32-35H,12-31H2,1-11H3,(H,38,41)(H,39,42). The molecule has 3 amide bonds. The highest BCUT2D eigenvalue weighted by atomic mass is 28.5. The second kappa shape index (κ2) is 22.7. The van der Waals surface area contributed by atoms with E-state index < -0.39 is 34.0 Å². The van der Waals surface area contributed by atoms with Crippen LogP contribution in [0.1, 0.15) is 104 Å². The molecule has 0 aromatic heterocycles. The van der Waals surface area contributed by atoms with Gasteiger partial charge in [-0.2, -0.15) is 0 Å². The number of urea groups is 1. The summed E-state index contributed by atoms with van der Waals surface area (Å²) in [5.74, 6) is 1.86. The minimum Gasteiger partial charge on any atom is -0.437 e. The van der Waals surface area contributed by atoms with Crippen LogP contribution in [0.15, 0.2) is 0 Å². The topological polar surface area (TPSA) is 108 Å². The Morgan fingerprint density at radius 2 is 1.20 bits per heavy atom. The van der Waals surface area contributed by atoms with E-state index in [1.807, 2.05) is 4.90 Å². The molecule has 0 saturated heterocycles. The molecule has 14 heteroatoms. The van der Waals surface area contributed by atoms with Crippen molar-refractivity contribution >= 4 is 45.9 Å². The van der Waals surface area contributed by atoms with Gasteiger partial charge >= 0.3 is 23.4 Å². The van der Waals surface area contributed by atoms with Gasteiger partial charge < -0.3 is 37.0 Å². The van der Waals surface area contributed by atoms with Crippen molar-refractivity contribution in [2.24, 2.45) is 17.8 Å². The molecule has 2 aliphatic carbocycles. The summed E-state index contributed by atoms with van der Waals surface area (Å²) in [5.41, 5.74) is 0. The monoisotopic (exact) mass is 789 g/mol.